The molecule has 0 atom stereocenters. The molecule has 0 unspecified atom stereocenters. The van der Waals surface area contributed by atoms with Crippen LogP contribution in [0, 0.1) is 19.7 Å². The summed E-state index contributed by atoms with van der Waals surface area (Å²) in [4.78, 5) is 41.6. The molecule has 5 rings (SSSR count). The van der Waals surface area contributed by atoms with E-state index in [4.69, 9.17) is 9.47 Å². The smallest absolute Gasteiger partial charge is 0.328 e. The molecule has 9 nitrogen and oxygen atoms in total. The van der Waals surface area contributed by atoms with Gasteiger partial charge in [0.1, 0.15) is 17.1 Å². The summed E-state index contributed by atoms with van der Waals surface area (Å²) < 4.78 is 27.4. The molecule has 2 heterocycles. The van der Waals surface area contributed by atoms with Crippen LogP contribution >= 0.6 is 0 Å². The molecular formula is C32H33FN4O5. The Morgan fingerprint density at radius 2 is 1.69 bits per heavy atom. The number of rotatable bonds is 7. The second-order valence-corrected chi connectivity index (χ2v) is 10.3. The summed E-state index contributed by atoms with van der Waals surface area (Å²) in [5.74, 6) is -0.456. The number of nitrogens with one attached hydrogen (secondary N) is 2. The van der Waals surface area contributed by atoms with Crippen molar-refractivity contribution in [3.63, 3.8) is 0 Å². The second kappa shape index (κ2) is 12.1. The Bertz CT molecular complexity index is 1770. The quantitative estimate of drug-likeness (QED) is 0.343. The lowest BCUT2D eigenvalue weighted by molar-refractivity contribution is 0.0334. The van der Waals surface area contributed by atoms with Gasteiger partial charge in [-0.15, -0.1) is 0 Å². The van der Waals surface area contributed by atoms with E-state index in [2.05, 4.69) is 15.2 Å². The minimum absolute atomic E-state index is 0.173. The molecule has 218 valence electrons. The topological polar surface area (TPSA) is 106 Å². The summed E-state index contributed by atoms with van der Waals surface area (Å²) in [6.45, 7) is 7.04. The molecule has 1 aliphatic heterocycles. The van der Waals surface area contributed by atoms with Gasteiger partial charge in [0.05, 0.1) is 20.3 Å². The predicted octanol–water partition coefficient (Wildman–Crippen LogP) is 4.26. The zero-order chi connectivity index (χ0) is 30.0. The molecule has 1 saturated heterocycles. The van der Waals surface area contributed by atoms with Gasteiger partial charge >= 0.3 is 5.69 Å². The average molecular weight is 573 g/mol. The molecule has 42 heavy (non-hydrogen) atoms. The van der Waals surface area contributed by atoms with E-state index in [9.17, 15) is 14.4 Å². The number of nitrogens with zero attached hydrogens (tertiary/aromatic N) is 2. The summed E-state index contributed by atoms with van der Waals surface area (Å²) in [7, 11) is 2.86. The van der Waals surface area contributed by atoms with Crippen molar-refractivity contribution in [1.82, 2.24) is 14.5 Å². The summed E-state index contributed by atoms with van der Waals surface area (Å²) in [6.07, 6.45) is 1.12. The number of aromatic nitrogens is 2. The summed E-state index contributed by atoms with van der Waals surface area (Å²) in [6, 6.07) is 14.8. The van der Waals surface area contributed by atoms with E-state index in [0.29, 0.717) is 42.3 Å². The lowest BCUT2D eigenvalue weighted by Gasteiger charge is -2.27. The van der Waals surface area contributed by atoms with Crippen molar-refractivity contribution >= 4 is 11.6 Å². The van der Waals surface area contributed by atoms with E-state index in [1.54, 1.807) is 19.2 Å². The Labute approximate surface area is 242 Å². The number of methoxy groups -OCH3 is 1. The molecule has 3 aromatic carbocycles. The van der Waals surface area contributed by atoms with E-state index in [-0.39, 0.29) is 11.4 Å². The number of H-pyrrole nitrogens is 1. The van der Waals surface area contributed by atoms with Crippen LogP contribution in [-0.4, -0.2) is 53.8 Å². The highest BCUT2D eigenvalue weighted by Gasteiger charge is 2.20. The molecule has 2 N–H and O–H groups in total. The maximum atomic E-state index is 15.5. The summed E-state index contributed by atoms with van der Waals surface area (Å²) in [5, 5.41) is 2.80. The van der Waals surface area contributed by atoms with Crippen molar-refractivity contribution in [2.24, 2.45) is 7.05 Å². The van der Waals surface area contributed by atoms with Gasteiger partial charge in [-0.3, -0.25) is 19.1 Å². The van der Waals surface area contributed by atoms with E-state index >= 15 is 4.39 Å². The lowest BCUT2D eigenvalue weighted by Crippen LogP contribution is -2.37. The molecular weight excluding hydrogens is 539 g/mol. The van der Waals surface area contributed by atoms with Crippen molar-refractivity contribution in [3.05, 3.63) is 104 Å². The number of amides is 1. The predicted molar refractivity (Wildman–Crippen MR) is 160 cm³/mol. The van der Waals surface area contributed by atoms with E-state index < -0.39 is 17.2 Å². The first-order valence-corrected chi connectivity index (χ1v) is 13.7. The van der Waals surface area contributed by atoms with Crippen molar-refractivity contribution in [2.75, 3.05) is 38.7 Å². The van der Waals surface area contributed by atoms with Crippen LogP contribution in [-0.2, 0) is 18.3 Å². The molecule has 10 heteroatoms. The second-order valence-electron chi connectivity index (χ2n) is 10.3. The average Bonchev–Trinajstić information content (AvgIpc) is 2.99. The van der Waals surface area contributed by atoms with Crippen LogP contribution in [0.15, 0.2) is 64.3 Å². The molecule has 1 amide bonds. The first kappa shape index (κ1) is 29.0. The number of carbonyl (C=O) groups is 1. The van der Waals surface area contributed by atoms with Crippen LogP contribution in [0.1, 0.15) is 27.0 Å². The number of morpholine rings is 1. The number of benzene rings is 3. The zero-order valence-corrected chi connectivity index (χ0v) is 24.0. The van der Waals surface area contributed by atoms with E-state index in [1.807, 2.05) is 50.2 Å². The minimum atomic E-state index is -0.688. The fraction of sp³-hybridized carbons (Fsp3) is 0.281. The third kappa shape index (κ3) is 5.63. The van der Waals surface area contributed by atoms with Crippen LogP contribution in [0.3, 0.4) is 0 Å². The van der Waals surface area contributed by atoms with Crippen molar-refractivity contribution in [2.45, 2.75) is 20.4 Å². The number of hydrogen-bond acceptors (Lipinski definition) is 6. The Kier molecular flexibility index (Phi) is 8.37. The fourth-order valence-electron chi connectivity index (χ4n) is 5.31. The molecule has 1 aliphatic rings. The van der Waals surface area contributed by atoms with Gasteiger partial charge in [-0.05, 0) is 65.4 Å². The first-order chi connectivity index (χ1) is 20.2. The monoisotopic (exact) mass is 572 g/mol. The third-order valence-electron chi connectivity index (χ3n) is 7.80. The number of ether oxygens (including phenoxy) is 2. The Morgan fingerprint density at radius 1 is 1.02 bits per heavy atom. The zero-order valence-electron chi connectivity index (χ0n) is 24.0. The van der Waals surface area contributed by atoms with Crippen molar-refractivity contribution < 1.29 is 18.7 Å². The number of aromatic amines is 1. The highest BCUT2D eigenvalue weighted by Crippen LogP contribution is 2.38. The fourth-order valence-corrected chi connectivity index (χ4v) is 5.31. The van der Waals surface area contributed by atoms with Gasteiger partial charge < -0.3 is 19.8 Å². The standard InChI is InChI=1S/C32H33FN4O5/c1-19-22(21-15-27(33)26(29(16-21)41-4)18-37-11-13-42-14-12-37)7-5-8-23(19)24-9-6-10-28(20(24)2)35-30(38)25-17-34-32(40)36(3)31(25)39/h5-10,15-17H,11-14,18H2,1-4H3,(H,34,40)(H,35,38). The molecule has 0 aliphatic carbocycles. The lowest BCUT2D eigenvalue weighted by atomic mass is 9.90. The van der Waals surface area contributed by atoms with E-state index in [1.165, 1.54) is 7.05 Å². The van der Waals surface area contributed by atoms with Crippen LogP contribution < -0.4 is 21.3 Å². The molecule has 0 bridgehead atoms. The Morgan fingerprint density at radius 3 is 2.40 bits per heavy atom. The van der Waals surface area contributed by atoms with Gasteiger partial charge in [-0.25, -0.2) is 9.18 Å². The highest BCUT2D eigenvalue weighted by atomic mass is 19.1. The molecule has 0 saturated carbocycles. The maximum absolute atomic E-state index is 15.5. The Hall–Kier alpha value is -4.54. The maximum Gasteiger partial charge on any atom is 0.328 e. The van der Waals surface area contributed by atoms with Crippen LogP contribution in [0.4, 0.5) is 10.1 Å². The molecule has 4 aromatic rings. The van der Waals surface area contributed by atoms with Crippen molar-refractivity contribution in [1.29, 1.82) is 0 Å². The minimum Gasteiger partial charge on any atom is -0.496 e. The molecule has 0 spiro atoms. The number of halogens is 1. The van der Waals surface area contributed by atoms with Gasteiger partial charge in [-0.1, -0.05) is 30.3 Å². The van der Waals surface area contributed by atoms with Crippen LogP contribution in [0.5, 0.6) is 5.75 Å². The van der Waals surface area contributed by atoms with Crippen LogP contribution in [0.25, 0.3) is 22.3 Å². The van der Waals surface area contributed by atoms with Gasteiger partial charge in [0.25, 0.3) is 11.5 Å². The van der Waals surface area contributed by atoms with Gasteiger partial charge in [0.15, 0.2) is 0 Å². The van der Waals surface area contributed by atoms with Crippen molar-refractivity contribution in [3.8, 4) is 28.0 Å². The summed E-state index contributed by atoms with van der Waals surface area (Å²) >= 11 is 0. The number of hydrogen-bond donors (Lipinski definition) is 2. The van der Waals surface area contributed by atoms with E-state index in [0.717, 1.165) is 51.7 Å². The molecule has 1 fully saturated rings. The number of anilines is 1. The summed E-state index contributed by atoms with van der Waals surface area (Å²) in [5.41, 5.74) is 4.64. The Balaban J connectivity index is 1.48. The molecule has 1 aromatic heterocycles. The first-order valence-electron chi connectivity index (χ1n) is 13.7. The van der Waals surface area contributed by atoms with Gasteiger partial charge in [0.2, 0.25) is 0 Å². The molecule has 0 radical (unpaired) electrons. The number of carbonyl (C=O) groups excluding carboxylic acids is 1. The van der Waals surface area contributed by atoms with Gasteiger partial charge in [-0.2, -0.15) is 0 Å². The largest absolute Gasteiger partial charge is 0.496 e. The normalized spacial score (nSPS) is 13.6. The third-order valence-corrected chi connectivity index (χ3v) is 7.80. The van der Waals surface area contributed by atoms with Crippen LogP contribution in [0.2, 0.25) is 0 Å². The SMILES string of the molecule is COc1cc(-c2cccc(-c3cccc(NC(=O)c4c[nH]c(=O)n(C)c4=O)c3C)c2C)cc(F)c1CN1CCOCC1. The van der Waals surface area contributed by atoms with Gasteiger partial charge in [0, 0.05) is 44.1 Å². The highest BCUT2D eigenvalue weighted by molar-refractivity contribution is 6.04.